The maximum absolute atomic E-state index is 2.34. The van der Waals surface area contributed by atoms with Crippen LogP contribution in [0.1, 0.15) is 22.6 Å². The van der Waals surface area contributed by atoms with E-state index in [1.165, 1.54) is 27.4 Å². The molecule has 2 heteroatoms. The van der Waals surface area contributed by atoms with E-state index in [9.17, 15) is 0 Å². The van der Waals surface area contributed by atoms with Crippen LogP contribution in [-0.2, 0) is 0 Å². The molecule has 0 saturated carbocycles. The van der Waals surface area contributed by atoms with Crippen molar-refractivity contribution in [3.8, 4) is 0 Å². The molecule has 0 bridgehead atoms. The summed E-state index contributed by atoms with van der Waals surface area (Å²) < 4.78 is 0. The Morgan fingerprint density at radius 2 is 2.15 bits per heavy atom. The Balaban J connectivity index is 0.000000845. The third kappa shape index (κ3) is 1.99. The van der Waals surface area contributed by atoms with E-state index in [1.54, 1.807) is 5.56 Å². The van der Waals surface area contributed by atoms with Gasteiger partial charge in [0.05, 0.1) is 0 Å². The van der Waals surface area contributed by atoms with E-state index >= 15 is 0 Å². The minimum atomic E-state index is 0. The predicted molar refractivity (Wildman–Crippen MR) is 64.8 cm³/mol. The Kier molecular flexibility index (Phi) is 3.61. The summed E-state index contributed by atoms with van der Waals surface area (Å²) in [7, 11) is 1.30. The van der Waals surface area contributed by atoms with Gasteiger partial charge < -0.3 is 0 Å². The van der Waals surface area contributed by atoms with Crippen molar-refractivity contribution in [3.63, 3.8) is 0 Å². The molecule has 13 heavy (non-hydrogen) atoms. The Labute approximate surface area is 95.0 Å². The third-order valence-corrected chi connectivity index (χ3v) is 3.47. The van der Waals surface area contributed by atoms with Crippen LogP contribution in [-0.4, -0.2) is 29.1 Å². The average Bonchev–Trinajstić information content (AvgIpc) is 2.46. The number of fused-ring (bicyclic) bond motifs is 1. The van der Waals surface area contributed by atoms with Crippen LogP contribution in [0.2, 0.25) is 6.04 Å². The molecule has 0 nitrogen and oxygen atoms in total. The van der Waals surface area contributed by atoms with Gasteiger partial charge in [-0.05, 0) is 24.0 Å². The van der Waals surface area contributed by atoms with Gasteiger partial charge in [0.25, 0.3) is 0 Å². The molecule has 0 N–H and O–H groups in total. The van der Waals surface area contributed by atoms with Crippen molar-refractivity contribution in [2.75, 3.05) is 0 Å². The number of aryl methyl sites for hydroxylation is 1. The van der Waals surface area contributed by atoms with Gasteiger partial charge in [-0.1, -0.05) is 42.0 Å². The monoisotopic (exact) mass is 182 g/mol. The van der Waals surface area contributed by atoms with Gasteiger partial charge >= 0.3 is 18.9 Å². The fourth-order valence-electron chi connectivity index (χ4n) is 1.85. The van der Waals surface area contributed by atoms with Crippen molar-refractivity contribution >= 4 is 35.2 Å². The Morgan fingerprint density at radius 1 is 1.38 bits per heavy atom. The molecule has 1 atom stereocenters. The second kappa shape index (κ2) is 4.33. The zero-order valence-corrected chi connectivity index (χ0v) is 9.67. The predicted octanol–water partition coefficient (Wildman–Crippen LogP) is 1.24. The molecule has 2 rings (SSSR count). The SMILES string of the molecule is Cc1ccc2c(c1)C(C[SiH3])C=C2.[LiH]. The van der Waals surface area contributed by atoms with Crippen molar-refractivity contribution in [2.45, 2.75) is 18.9 Å². The van der Waals surface area contributed by atoms with Crippen molar-refractivity contribution in [1.29, 1.82) is 0 Å². The van der Waals surface area contributed by atoms with E-state index in [4.69, 9.17) is 0 Å². The number of rotatable bonds is 1. The second-order valence-corrected chi connectivity index (χ2v) is 4.32. The summed E-state index contributed by atoms with van der Waals surface area (Å²) in [4.78, 5) is 0. The van der Waals surface area contributed by atoms with Gasteiger partial charge in [-0.25, -0.2) is 0 Å². The molecule has 0 amide bonds. The molecule has 1 unspecified atom stereocenters. The molecule has 0 aliphatic heterocycles. The number of allylic oxidation sites excluding steroid dienone is 1. The van der Waals surface area contributed by atoms with Gasteiger partial charge in [0.2, 0.25) is 0 Å². The van der Waals surface area contributed by atoms with Crippen molar-refractivity contribution in [2.24, 2.45) is 0 Å². The van der Waals surface area contributed by atoms with E-state index in [0.29, 0.717) is 0 Å². The fourth-order valence-corrected chi connectivity index (χ4v) is 2.56. The molecule has 0 saturated heterocycles. The first kappa shape index (κ1) is 10.9. The van der Waals surface area contributed by atoms with Crippen LogP contribution in [0.25, 0.3) is 6.08 Å². The average molecular weight is 182 g/mol. The van der Waals surface area contributed by atoms with Crippen LogP contribution in [0.4, 0.5) is 0 Å². The van der Waals surface area contributed by atoms with Crippen LogP contribution in [0.15, 0.2) is 24.3 Å². The minimum absolute atomic E-state index is 0. The van der Waals surface area contributed by atoms with Crippen molar-refractivity contribution < 1.29 is 0 Å². The third-order valence-electron chi connectivity index (χ3n) is 2.59. The summed E-state index contributed by atoms with van der Waals surface area (Å²) in [6, 6.07) is 8.11. The standard InChI is InChI=1S/C11H14Si.Li.H/c1-8-2-3-9-4-5-10(7-12)11(9)6-8;;/h2-6,10H,7H2,1,12H3;;. The molecule has 1 aromatic rings. The second-order valence-electron chi connectivity index (χ2n) is 3.51. The van der Waals surface area contributed by atoms with Gasteiger partial charge in [0.1, 0.15) is 0 Å². The van der Waals surface area contributed by atoms with E-state index in [-0.39, 0.29) is 18.9 Å². The normalized spacial score (nSPS) is 18.4. The van der Waals surface area contributed by atoms with Gasteiger partial charge in [-0.2, -0.15) is 0 Å². The summed E-state index contributed by atoms with van der Waals surface area (Å²) in [6.07, 6.45) is 4.61. The molecule has 1 aliphatic rings. The Bertz CT molecular complexity index is 331. The molecule has 1 aromatic carbocycles. The fraction of sp³-hybridized carbons (Fsp3) is 0.273. The van der Waals surface area contributed by atoms with Gasteiger partial charge in [-0.15, -0.1) is 0 Å². The molecule has 0 radical (unpaired) electrons. The topological polar surface area (TPSA) is 0 Å². The summed E-state index contributed by atoms with van der Waals surface area (Å²) in [5.74, 6) is 0.728. The van der Waals surface area contributed by atoms with Crippen LogP contribution in [0, 0.1) is 6.92 Å². The molecule has 1 aliphatic carbocycles. The van der Waals surface area contributed by atoms with Crippen LogP contribution < -0.4 is 0 Å². The summed E-state index contributed by atoms with van der Waals surface area (Å²) in [5.41, 5.74) is 4.36. The molecule has 0 aromatic heterocycles. The van der Waals surface area contributed by atoms with Gasteiger partial charge in [-0.3, -0.25) is 0 Å². The molecule has 0 fully saturated rings. The first-order valence-corrected chi connectivity index (χ1v) is 6.01. The maximum atomic E-state index is 2.34. The van der Waals surface area contributed by atoms with E-state index in [2.05, 4.69) is 37.3 Å². The summed E-state index contributed by atoms with van der Waals surface area (Å²) >= 11 is 0. The van der Waals surface area contributed by atoms with Crippen LogP contribution >= 0.6 is 0 Å². The molecular weight excluding hydrogens is 167 g/mol. The molecule has 0 spiro atoms. The van der Waals surface area contributed by atoms with Crippen LogP contribution in [0.5, 0.6) is 0 Å². The van der Waals surface area contributed by atoms with Gasteiger partial charge in [0, 0.05) is 10.2 Å². The molecular formula is C11H15LiSi. The van der Waals surface area contributed by atoms with Crippen LogP contribution in [0.3, 0.4) is 0 Å². The first-order chi connectivity index (χ1) is 5.81. The van der Waals surface area contributed by atoms with Crippen molar-refractivity contribution in [1.82, 2.24) is 0 Å². The van der Waals surface area contributed by atoms with E-state index in [1.807, 2.05) is 0 Å². The number of hydrogen-bond donors (Lipinski definition) is 0. The zero-order valence-electron chi connectivity index (χ0n) is 7.67. The summed E-state index contributed by atoms with van der Waals surface area (Å²) in [6.45, 7) is 2.17. The Morgan fingerprint density at radius 3 is 2.85 bits per heavy atom. The number of hydrogen-bond acceptors (Lipinski definition) is 0. The van der Waals surface area contributed by atoms with E-state index < -0.39 is 0 Å². The summed E-state index contributed by atoms with van der Waals surface area (Å²) in [5, 5.41) is 0. The Hall–Kier alpha value is -0.226. The van der Waals surface area contributed by atoms with E-state index in [0.717, 1.165) is 5.92 Å². The molecule has 0 heterocycles. The van der Waals surface area contributed by atoms with Crippen molar-refractivity contribution in [3.05, 3.63) is 41.0 Å². The number of benzene rings is 1. The zero-order chi connectivity index (χ0) is 8.55. The molecule has 64 valence electrons. The first-order valence-electron chi connectivity index (χ1n) is 4.60. The quantitative estimate of drug-likeness (QED) is 0.573. The van der Waals surface area contributed by atoms with Gasteiger partial charge in [0.15, 0.2) is 0 Å².